The molecular weight excluding hydrogens is 200 g/mol. The van der Waals surface area contributed by atoms with Gasteiger partial charge in [0, 0.05) is 21.4 Å². The van der Waals surface area contributed by atoms with E-state index in [0.29, 0.717) is 11.1 Å². The lowest BCUT2D eigenvalue weighted by molar-refractivity contribution is -0.136. The van der Waals surface area contributed by atoms with Gasteiger partial charge in [-0.05, 0) is 13.8 Å². The first-order chi connectivity index (χ1) is 6.36. The van der Waals surface area contributed by atoms with E-state index in [2.05, 4.69) is 11.3 Å². The maximum absolute atomic E-state index is 10.2. The molecule has 5 heteroatoms. The largest absolute Gasteiger partial charge is 0.478 e. The maximum atomic E-state index is 10.2. The van der Waals surface area contributed by atoms with Crippen molar-refractivity contribution >= 4 is 22.2 Å². The molecule has 0 aliphatic carbocycles. The van der Waals surface area contributed by atoms with Crippen molar-refractivity contribution in [2.24, 2.45) is 0 Å². The molecule has 0 aliphatic rings. The van der Waals surface area contributed by atoms with Gasteiger partial charge < -0.3 is 9.84 Å². The molecular formula is C9H16O4Si. The molecule has 4 nitrogen and oxygen atoms in total. The third-order valence-electron chi connectivity index (χ3n) is 1.30. The average molecular weight is 216 g/mol. The number of carboxylic acid groups (broad SMARTS) is 1. The van der Waals surface area contributed by atoms with Gasteiger partial charge >= 0.3 is 11.9 Å². The van der Waals surface area contributed by atoms with Crippen LogP contribution in [0.3, 0.4) is 0 Å². The molecule has 1 N–H and O–H groups in total. The fourth-order valence-electron chi connectivity index (χ4n) is 0.298. The van der Waals surface area contributed by atoms with Gasteiger partial charge in [-0.25, -0.2) is 9.59 Å². The van der Waals surface area contributed by atoms with Crippen molar-refractivity contribution in [2.45, 2.75) is 13.8 Å². The van der Waals surface area contributed by atoms with Crippen LogP contribution in [0.25, 0.3) is 0 Å². The standard InChI is InChI=1S/C5H8O2.C4H8O2Si/c1-4(2)5(6)7-3;1-3(2-7)4(5)6/h1H2,2-3H3;2H,1,7H3,(H,5,6). The van der Waals surface area contributed by atoms with Crippen molar-refractivity contribution in [3.05, 3.63) is 23.4 Å². The Balaban J connectivity index is 0. The molecule has 0 amide bonds. The predicted molar refractivity (Wildman–Crippen MR) is 58.2 cm³/mol. The number of carbonyl (C=O) groups excluding carboxylic acids is 1. The Bertz CT molecular complexity index is 256. The highest BCUT2D eigenvalue weighted by atomic mass is 28.1. The molecule has 0 aromatic carbocycles. The first-order valence-electron chi connectivity index (χ1n) is 3.96. The fourth-order valence-corrected chi connectivity index (χ4v) is 0.545. The molecule has 14 heavy (non-hydrogen) atoms. The quantitative estimate of drug-likeness (QED) is 0.403. The van der Waals surface area contributed by atoms with Crippen molar-refractivity contribution in [2.75, 3.05) is 7.11 Å². The normalized spacial score (nSPS) is 9.79. The van der Waals surface area contributed by atoms with E-state index >= 15 is 0 Å². The first-order valence-corrected chi connectivity index (χ1v) is 5.12. The van der Waals surface area contributed by atoms with Gasteiger partial charge in [-0.3, -0.25) is 0 Å². The van der Waals surface area contributed by atoms with E-state index in [0.717, 1.165) is 10.2 Å². The number of carboxylic acids is 1. The van der Waals surface area contributed by atoms with Gasteiger partial charge in [-0.15, -0.1) is 0 Å². The SMILES string of the molecule is C=C(C)C(=O)OC.CC(=C[SiH3])C(=O)O. The summed E-state index contributed by atoms with van der Waals surface area (Å²) < 4.78 is 4.27. The number of rotatable bonds is 2. The van der Waals surface area contributed by atoms with Gasteiger partial charge in [-0.1, -0.05) is 12.3 Å². The minimum atomic E-state index is -0.810. The maximum Gasteiger partial charge on any atom is 0.332 e. The molecule has 0 heterocycles. The number of carbonyl (C=O) groups is 2. The second kappa shape index (κ2) is 8.24. The van der Waals surface area contributed by atoms with Gasteiger partial charge in [0.25, 0.3) is 0 Å². The summed E-state index contributed by atoms with van der Waals surface area (Å²) in [6.45, 7) is 6.55. The summed E-state index contributed by atoms with van der Waals surface area (Å²) in [5.41, 5.74) is 2.58. The number of hydrogen-bond acceptors (Lipinski definition) is 3. The van der Waals surface area contributed by atoms with E-state index in [1.54, 1.807) is 19.5 Å². The minimum absolute atomic E-state index is 0.347. The highest BCUT2D eigenvalue weighted by molar-refractivity contribution is 6.19. The van der Waals surface area contributed by atoms with Gasteiger partial charge in [0.2, 0.25) is 0 Å². The van der Waals surface area contributed by atoms with Crippen molar-refractivity contribution < 1.29 is 19.4 Å². The number of esters is 1. The van der Waals surface area contributed by atoms with Gasteiger partial charge in [0.1, 0.15) is 0 Å². The molecule has 0 aromatic rings. The van der Waals surface area contributed by atoms with E-state index in [4.69, 9.17) is 5.11 Å². The van der Waals surface area contributed by atoms with Crippen molar-refractivity contribution in [3.63, 3.8) is 0 Å². The van der Waals surface area contributed by atoms with Crippen LogP contribution in [0.2, 0.25) is 0 Å². The summed E-state index contributed by atoms with van der Waals surface area (Å²) >= 11 is 0. The Labute approximate surface area is 86.7 Å². The molecule has 0 spiro atoms. The Hall–Kier alpha value is -1.36. The summed E-state index contributed by atoms with van der Waals surface area (Å²) in [6, 6.07) is 0. The Morgan fingerprint density at radius 1 is 1.43 bits per heavy atom. The van der Waals surface area contributed by atoms with E-state index in [9.17, 15) is 9.59 Å². The van der Waals surface area contributed by atoms with Gasteiger partial charge in [0.05, 0.1) is 7.11 Å². The monoisotopic (exact) mass is 216 g/mol. The Kier molecular flexibility index (Phi) is 8.91. The van der Waals surface area contributed by atoms with Gasteiger partial charge in [0.15, 0.2) is 0 Å². The Morgan fingerprint density at radius 2 is 1.86 bits per heavy atom. The van der Waals surface area contributed by atoms with E-state index in [1.807, 2.05) is 0 Å². The summed E-state index contributed by atoms with van der Waals surface area (Å²) in [6.07, 6.45) is 0. The predicted octanol–water partition coefficient (Wildman–Crippen LogP) is 0.0757. The van der Waals surface area contributed by atoms with Crippen LogP contribution in [0.15, 0.2) is 23.4 Å². The molecule has 0 unspecified atom stereocenters. The average Bonchev–Trinajstić information content (AvgIpc) is 2.15. The second-order valence-electron chi connectivity index (χ2n) is 2.55. The number of aliphatic carboxylic acids is 1. The zero-order valence-electron chi connectivity index (χ0n) is 8.96. The lowest BCUT2D eigenvalue weighted by Crippen LogP contribution is -1.98. The molecule has 0 saturated heterocycles. The fraction of sp³-hybridized carbons (Fsp3) is 0.333. The lowest BCUT2D eigenvalue weighted by atomic mass is 10.4. The van der Waals surface area contributed by atoms with Crippen LogP contribution in [-0.2, 0) is 14.3 Å². The molecule has 0 rings (SSSR count). The van der Waals surface area contributed by atoms with Crippen LogP contribution < -0.4 is 0 Å². The molecule has 0 radical (unpaired) electrons. The molecule has 0 aromatic heterocycles. The van der Waals surface area contributed by atoms with Crippen LogP contribution in [-0.4, -0.2) is 34.4 Å². The van der Waals surface area contributed by atoms with Crippen LogP contribution >= 0.6 is 0 Å². The zero-order valence-corrected chi connectivity index (χ0v) is 11.0. The zero-order chi connectivity index (χ0) is 11.7. The number of hydrogen-bond donors (Lipinski definition) is 1. The van der Waals surface area contributed by atoms with E-state index in [-0.39, 0.29) is 5.97 Å². The number of methoxy groups -OCH3 is 1. The topological polar surface area (TPSA) is 63.6 Å². The van der Waals surface area contributed by atoms with Crippen molar-refractivity contribution in [3.8, 4) is 0 Å². The molecule has 80 valence electrons. The second-order valence-corrected chi connectivity index (χ2v) is 3.13. The van der Waals surface area contributed by atoms with Crippen LogP contribution in [0.5, 0.6) is 0 Å². The van der Waals surface area contributed by atoms with Gasteiger partial charge in [-0.2, -0.15) is 0 Å². The minimum Gasteiger partial charge on any atom is -0.478 e. The van der Waals surface area contributed by atoms with Crippen molar-refractivity contribution in [1.29, 1.82) is 0 Å². The first kappa shape index (κ1) is 15.1. The summed E-state index contributed by atoms with van der Waals surface area (Å²) in [5.74, 6) is -1.16. The summed E-state index contributed by atoms with van der Waals surface area (Å²) in [4.78, 5) is 20.1. The van der Waals surface area contributed by atoms with E-state index in [1.165, 1.54) is 7.11 Å². The van der Waals surface area contributed by atoms with Crippen LogP contribution in [0.4, 0.5) is 0 Å². The highest BCUT2D eigenvalue weighted by Crippen LogP contribution is 1.87. The molecule has 0 aliphatic heterocycles. The molecule has 0 fully saturated rings. The third-order valence-corrected chi connectivity index (χ3v) is 2.17. The van der Waals surface area contributed by atoms with Crippen molar-refractivity contribution in [1.82, 2.24) is 0 Å². The molecule has 0 atom stereocenters. The van der Waals surface area contributed by atoms with E-state index < -0.39 is 5.97 Å². The third kappa shape index (κ3) is 8.73. The highest BCUT2D eigenvalue weighted by Gasteiger charge is 1.95. The molecule has 0 saturated carbocycles. The summed E-state index contributed by atoms with van der Waals surface area (Å²) in [7, 11) is 2.16. The number of ether oxygens (including phenoxy) is 1. The smallest absolute Gasteiger partial charge is 0.332 e. The molecule has 0 bridgehead atoms. The van der Waals surface area contributed by atoms with Crippen LogP contribution in [0, 0.1) is 0 Å². The van der Waals surface area contributed by atoms with Crippen LogP contribution in [0.1, 0.15) is 13.8 Å². The lowest BCUT2D eigenvalue weighted by Gasteiger charge is -1.91. The Morgan fingerprint density at radius 3 is 1.86 bits per heavy atom. The summed E-state index contributed by atoms with van der Waals surface area (Å²) in [5, 5.41) is 8.14.